The van der Waals surface area contributed by atoms with Crippen molar-refractivity contribution in [2.24, 2.45) is 0 Å². The number of hydrogen-bond acceptors (Lipinski definition) is 3. The molecule has 18 heavy (non-hydrogen) atoms. The van der Waals surface area contributed by atoms with Crippen molar-refractivity contribution in [2.75, 3.05) is 6.54 Å². The van der Waals surface area contributed by atoms with E-state index in [1.165, 1.54) is 6.20 Å². The predicted molar refractivity (Wildman–Crippen MR) is 60.9 cm³/mol. The average Bonchev–Trinajstić information content (AvgIpc) is 2.65. The van der Waals surface area contributed by atoms with E-state index in [1.807, 2.05) is 0 Å². The normalized spacial score (nSPS) is 25.7. The second kappa shape index (κ2) is 4.59. The Bertz CT molecular complexity index is 452. The van der Waals surface area contributed by atoms with Gasteiger partial charge in [-0.1, -0.05) is 0 Å². The van der Waals surface area contributed by atoms with E-state index in [0.29, 0.717) is 5.75 Å². The van der Waals surface area contributed by atoms with Crippen LogP contribution in [0, 0.1) is 0 Å². The summed E-state index contributed by atoms with van der Waals surface area (Å²) in [4.78, 5) is 3.47. The molecule has 1 aromatic rings. The lowest BCUT2D eigenvalue weighted by atomic mass is 9.98. The molecule has 100 valence electrons. The number of halogens is 4. The summed E-state index contributed by atoms with van der Waals surface area (Å²) in [5, 5.41) is 3.25. The molecular weight excluding hydrogens is 269 g/mol. The maximum atomic E-state index is 12.5. The van der Waals surface area contributed by atoms with E-state index in [0.717, 1.165) is 31.0 Å². The first-order chi connectivity index (χ1) is 8.05. The van der Waals surface area contributed by atoms with E-state index < -0.39 is 11.9 Å². The van der Waals surface area contributed by atoms with Gasteiger partial charge in [0, 0.05) is 17.8 Å². The smallest absolute Gasteiger partial charge is 0.433 e. The molecule has 1 fully saturated rings. The highest BCUT2D eigenvalue weighted by molar-refractivity contribution is 5.85. The highest BCUT2D eigenvalue weighted by Gasteiger charge is 2.39. The van der Waals surface area contributed by atoms with Gasteiger partial charge in [0.05, 0.1) is 6.04 Å². The molecule has 1 N–H and O–H groups in total. The molecule has 0 unspecified atom stereocenters. The monoisotopic (exact) mass is 280 g/mol. The molecule has 2 aliphatic heterocycles. The predicted octanol–water partition coefficient (Wildman–Crippen LogP) is 2.71. The summed E-state index contributed by atoms with van der Waals surface area (Å²) in [6, 6.07) is 0.989. The molecule has 3 rings (SSSR count). The molecule has 2 aliphatic rings. The summed E-state index contributed by atoms with van der Waals surface area (Å²) in [6.07, 6.45) is -1.34. The maximum absolute atomic E-state index is 12.5. The number of ether oxygens (including phenoxy) is 1. The van der Waals surface area contributed by atoms with Crippen molar-refractivity contribution in [1.82, 2.24) is 10.3 Å². The topological polar surface area (TPSA) is 34.2 Å². The van der Waals surface area contributed by atoms with Crippen LogP contribution in [0.25, 0.3) is 0 Å². The molecule has 3 nitrogen and oxygen atoms in total. The van der Waals surface area contributed by atoms with E-state index >= 15 is 0 Å². The molecule has 7 heteroatoms. The standard InChI is InChI=1S/C11H11F3N2O.ClH/c12-11(13,14)9-4-8-6(5-16-9)10-7(17-8)2-1-3-15-10;/h4-5,7,10,15H,1-3H2;1H/t7-,10-;/m0./s1. The minimum absolute atomic E-state index is 0. The number of pyridine rings is 1. The highest BCUT2D eigenvalue weighted by Crippen LogP contribution is 2.41. The molecule has 2 atom stereocenters. The largest absolute Gasteiger partial charge is 0.488 e. The van der Waals surface area contributed by atoms with Crippen molar-refractivity contribution in [3.63, 3.8) is 0 Å². The Morgan fingerprint density at radius 3 is 2.89 bits per heavy atom. The van der Waals surface area contributed by atoms with Gasteiger partial charge >= 0.3 is 6.18 Å². The molecule has 0 saturated carbocycles. The van der Waals surface area contributed by atoms with Gasteiger partial charge in [0.1, 0.15) is 17.5 Å². The molecule has 0 bridgehead atoms. The summed E-state index contributed by atoms with van der Waals surface area (Å²) in [5.74, 6) is 0.316. The fraction of sp³-hybridized carbons (Fsp3) is 0.545. The van der Waals surface area contributed by atoms with Gasteiger partial charge in [0.2, 0.25) is 0 Å². The molecule has 3 heterocycles. The van der Waals surface area contributed by atoms with Gasteiger partial charge in [-0.3, -0.25) is 4.98 Å². The lowest BCUT2D eigenvalue weighted by Gasteiger charge is -2.25. The van der Waals surface area contributed by atoms with E-state index in [9.17, 15) is 13.2 Å². The van der Waals surface area contributed by atoms with Gasteiger partial charge < -0.3 is 10.1 Å². The molecule has 0 amide bonds. The summed E-state index contributed by atoms with van der Waals surface area (Å²) in [7, 11) is 0. The second-order valence-electron chi connectivity index (χ2n) is 4.34. The number of piperidine rings is 1. The van der Waals surface area contributed by atoms with Crippen LogP contribution in [-0.2, 0) is 6.18 Å². The molecular formula is C11H12ClF3N2O. The van der Waals surface area contributed by atoms with Crippen molar-refractivity contribution in [2.45, 2.75) is 31.2 Å². The third-order valence-corrected chi connectivity index (χ3v) is 3.20. The van der Waals surface area contributed by atoms with Gasteiger partial charge in [-0.25, -0.2) is 0 Å². The van der Waals surface area contributed by atoms with Gasteiger partial charge in [-0.2, -0.15) is 13.2 Å². The Hall–Kier alpha value is -1.01. The second-order valence-corrected chi connectivity index (χ2v) is 4.34. The number of hydrogen-bond donors (Lipinski definition) is 1. The summed E-state index contributed by atoms with van der Waals surface area (Å²) >= 11 is 0. The van der Waals surface area contributed by atoms with Gasteiger partial charge in [0.25, 0.3) is 0 Å². The van der Waals surface area contributed by atoms with E-state index in [2.05, 4.69) is 10.3 Å². The number of nitrogens with one attached hydrogen (secondary N) is 1. The average molecular weight is 281 g/mol. The molecule has 0 aromatic carbocycles. The first kappa shape index (κ1) is 13.4. The Morgan fingerprint density at radius 2 is 2.17 bits per heavy atom. The zero-order valence-electron chi connectivity index (χ0n) is 9.33. The van der Waals surface area contributed by atoms with Crippen molar-refractivity contribution in [3.05, 3.63) is 23.5 Å². The van der Waals surface area contributed by atoms with Gasteiger partial charge in [-0.15, -0.1) is 12.4 Å². The summed E-state index contributed by atoms with van der Waals surface area (Å²) in [6.45, 7) is 0.866. The lowest BCUT2D eigenvalue weighted by Crippen LogP contribution is -2.36. The first-order valence-electron chi connectivity index (χ1n) is 5.53. The first-order valence-corrected chi connectivity index (χ1v) is 5.53. The number of rotatable bonds is 0. The quantitative estimate of drug-likeness (QED) is 0.793. The van der Waals surface area contributed by atoms with Gasteiger partial charge in [-0.05, 0) is 19.4 Å². The molecule has 0 aliphatic carbocycles. The van der Waals surface area contributed by atoms with Crippen LogP contribution in [0.2, 0.25) is 0 Å². The van der Waals surface area contributed by atoms with Crippen LogP contribution < -0.4 is 10.1 Å². The molecule has 1 saturated heterocycles. The minimum atomic E-state index is -4.42. The minimum Gasteiger partial charge on any atom is -0.488 e. The third-order valence-electron chi connectivity index (χ3n) is 3.20. The van der Waals surface area contributed by atoms with E-state index in [-0.39, 0.29) is 24.6 Å². The zero-order valence-corrected chi connectivity index (χ0v) is 10.1. The fourth-order valence-electron chi connectivity index (χ4n) is 2.40. The number of nitrogens with zero attached hydrogens (tertiary/aromatic N) is 1. The van der Waals surface area contributed by atoms with Crippen molar-refractivity contribution in [3.8, 4) is 5.75 Å². The Kier molecular flexibility index (Phi) is 3.42. The Morgan fingerprint density at radius 1 is 1.39 bits per heavy atom. The van der Waals surface area contributed by atoms with Crippen LogP contribution in [-0.4, -0.2) is 17.6 Å². The molecule has 0 spiro atoms. The highest BCUT2D eigenvalue weighted by atomic mass is 35.5. The van der Waals surface area contributed by atoms with Crippen molar-refractivity contribution < 1.29 is 17.9 Å². The number of aromatic nitrogens is 1. The van der Waals surface area contributed by atoms with Crippen LogP contribution >= 0.6 is 12.4 Å². The summed E-state index contributed by atoms with van der Waals surface area (Å²) < 4.78 is 43.0. The van der Waals surface area contributed by atoms with E-state index in [1.54, 1.807) is 0 Å². The fourth-order valence-corrected chi connectivity index (χ4v) is 2.40. The number of alkyl halides is 3. The SMILES string of the molecule is Cl.FC(F)(F)c1cc2c(cn1)[C@@H]1NCCC[C@@H]1O2. The third kappa shape index (κ3) is 2.14. The van der Waals surface area contributed by atoms with Crippen LogP contribution in [0.5, 0.6) is 5.75 Å². The van der Waals surface area contributed by atoms with E-state index in [4.69, 9.17) is 4.74 Å². The number of fused-ring (bicyclic) bond motifs is 3. The van der Waals surface area contributed by atoms with Crippen LogP contribution in [0.4, 0.5) is 13.2 Å². The van der Waals surface area contributed by atoms with Crippen molar-refractivity contribution >= 4 is 12.4 Å². The van der Waals surface area contributed by atoms with Crippen LogP contribution in [0.3, 0.4) is 0 Å². The van der Waals surface area contributed by atoms with Crippen LogP contribution in [0.15, 0.2) is 12.3 Å². The zero-order chi connectivity index (χ0) is 12.0. The maximum Gasteiger partial charge on any atom is 0.433 e. The summed E-state index contributed by atoms with van der Waals surface area (Å²) in [5.41, 5.74) is -0.155. The van der Waals surface area contributed by atoms with Gasteiger partial charge in [0.15, 0.2) is 0 Å². The van der Waals surface area contributed by atoms with Crippen molar-refractivity contribution in [1.29, 1.82) is 0 Å². The molecule has 0 radical (unpaired) electrons. The Labute approximate surface area is 108 Å². The lowest BCUT2D eigenvalue weighted by molar-refractivity contribution is -0.141. The molecule has 1 aromatic heterocycles. The van der Waals surface area contributed by atoms with Crippen LogP contribution in [0.1, 0.15) is 30.1 Å². The Balaban J connectivity index is 0.00000120.